The molecular weight excluding hydrogens is 274 g/mol. The second kappa shape index (κ2) is 5.32. The number of thiocarbonyl (C=S) groups is 1. The van der Waals surface area contributed by atoms with E-state index in [0.29, 0.717) is 5.92 Å². The van der Waals surface area contributed by atoms with Crippen molar-refractivity contribution in [3.8, 4) is 11.1 Å². The van der Waals surface area contributed by atoms with Gasteiger partial charge in [0.2, 0.25) is 0 Å². The van der Waals surface area contributed by atoms with Gasteiger partial charge in [0.25, 0.3) is 0 Å². The van der Waals surface area contributed by atoms with Gasteiger partial charge in [-0.2, -0.15) is 0 Å². The van der Waals surface area contributed by atoms with E-state index in [-0.39, 0.29) is 0 Å². The zero-order valence-corrected chi connectivity index (χ0v) is 12.0. The van der Waals surface area contributed by atoms with E-state index < -0.39 is 0 Å². The third-order valence-electron chi connectivity index (χ3n) is 3.46. The second-order valence-electron chi connectivity index (χ2n) is 4.82. The Morgan fingerprint density at radius 2 is 1.84 bits per heavy atom. The highest BCUT2D eigenvalue weighted by Gasteiger charge is 2.27. The van der Waals surface area contributed by atoms with Crippen molar-refractivity contribution in [2.45, 2.75) is 18.8 Å². The zero-order chi connectivity index (χ0) is 13.2. The van der Waals surface area contributed by atoms with Crippen molar-refractivity contribution in [3.63, 3.8) is 0 Å². The topological polar surface area (TPSA) is 12.0 Å². The molecule has 1 N–H and O–H groups in total. The lowest BCUT2D eigenvalue weighted by Crippen LogP contribution is -1.92. The van der Waals surface area contributed by atoms with Crippen molar-refractivity contribution in [3.05, 3.63) is 53.1 Å². The molecule has 1 nitrogen and oxygen atoms in total. The highest BCUT2D eigenvalue weighted by atomic mass is 35.5. The molecule has 2 aromatic carbocycles. The summed E-state index contributed by atoms with van der Waals surface area (Å²) in [4.78, 5) is 0. The number of anilines is 1. The van der Waals surface area contributed by atoms with Gasteiger partial charge in [-0.15, -0.1) is 0 Å². The SMILES string of the molecule is S=CNc1ccc(-c2c(Cl)cccc2C2CC2)cc1. The molecule has 3 heteroatoms. The predicted molar refractivity (Wildman–Crippen MR) is 86.1 cm³/mol. The Bertz CT molecular complexity index is 603. The van der Waals surface area contributed by atoms with Crippen LogP contribution in [0.1, 0.15) is 24.3 Å². The molecule has 0 aliphatic heterocycles. The molecule has 0 spiro atoms. The Morgan fingerprint density at radius 3 is 2.47 bits per heavy atom. The average molecular weight is 288 g/mol. The van der Waals surface area contributed by atoms with Crippen LogP contribution in [-0.2, 0) is 0 Å². The van der Waals surface area contributed by atoms with Gasteiger partial charge in [-0.25, -0.2) is 0 Å². The molecule has 0 amide bonds. The molecule has 96 valence electrons. The molecule has 3 rings (SSSR count). The van der Waals surface area contributed by atoms with Gasteiger partial charge < -0.3 is 5.32 Å². The molecule has 0 bridgehead atoms. The highest BCUT2D eigenvalue weighted by molar-refractivity contribution is 7.79. The third-order valence-corrected chi connectivity index (χ3v) is 3.90. The van der Waals surface area contributed by atoms with Crippen LogP contribution in [0, 0.1) is 0 Å². The van der Waals surface area contributed by atoms with Gasteiger partial charge in [0.15, 0.2) is 0 Å². The molecule has 1 aliphatic rings. The van der Waals surface area contributed by atoms with Crippen LogP contribution >= 0.6 is 23.8 Å². The first-order valence-electron chi connectivity index (χ1n) is 6.38. The zero-order valence-electron chi connectivity index (χ0n) is 10.4. The Kier molecular flexibility index (Phi) is 3.54. The van der Waals surface area contributed by atoms with Crippen LogP contribution < -0.4 is 5.32 Å². The van der Waals surface area contributed by atoms with Crippen molar-refractivity contribution in [2.24, 2.45) is 0 Å². The van der Waals surface area contributed by atoms with E-state index in [9.17, 15) is 0 Å². The van der Waals surface area contributed by atoms with Gasteiger partial charge in [0, 0.05) is 16.3 Å². The summed E-state index contributed by atoms with van der Waals surface area (Å²) in [6.07, 6.45) is 2.55. The summed E-state index contributed by atoms with van der Waals surface area (Å²) in [6.45, 7) is 0. The number of hydrogen-bond acceptors (Lipinski definition) is 1. The van der Waals surface area contributed by atoms with Crippen LogP contribution in [0.4, 0.5) is 5.69 Å². The molecule has 0 radical (unpaired) electrons. The summed E-state index contributed by atoms with van der Waals surface area (Å²) < 4.78 is 0. The maximum atomic E-state index is 6.40. The minimum absolute atomic E-state index is 0.687. The second-order valence-corrected chi connectivity index (χ2v) is 5.46. The fourth-order valence-corrected chi connectivity index (χ4v) is 2.81. The molecule has 0 unspecified atom stereocenters. The largest absolute Gasteiger partial charge is 0.353 e. The smallest absolute Gasteiger partial charge is 0.0658 e. The van der Waals surface area contributed by atoms with Gasteiger partial charge in [-0.05, 0) is 48.1 Å². The summed E-state index contributed by atoms with van der Waals surface area (Å²) >= 11 is 11.2. The molecule has 0 heterocycles. The number of benzene rings is 2. The van der Waals surface area contributed by atoms with E-state index in [2.05, 4.69) is 23.5 Å². The Hall–Kier alpha value is -1.38. The molecule has 0 atom stereocenters. The molecule has 1 saturated carbocycles. The number of nitrogens with one attached hydrogen (secondary N) is 1. The van der Waals surface area contributed by atoms with Gasteiger partial charge in [-0.3, -0.25) is 0 Å². The molecule has 0 aromatic heterocycles. The fraction of sp³-hybridized carbons (Fsp3) is 0.188. The standard InChI is InChI=1S/C16H14ClNS/c17-15-3-1-2-14(11-4-5-11)16(15)12-6-8-13(9-7-12)18-10-19/h1-3,6-11H,4-5H2,(H,18,19). The first kappa shape index (κ1) is 12.6. The predicted octanol–water partition coefficient (Wildman–Crippen LogP) is 5.25. The lowest BCUT2D eigenvalue weighted by atomic mass is 9.96. The molecular formula is C16H14ClNS. The lowest BCUT2D eigenvalue weighted by Gasteiger charge is -2.12. The van der Waals surface area contributed by atoms with Crippen molar-refractivity contribution in [1.82, 2.24) is 0 Å². The van der Waals surface area contributed by atoms with E-state index >= 15 is 0 Å². The molecule has 1 fully saturated rings. The van der Waals surface area contributed by atoms with Gasteiger partial charge in [0.05, 0.1) is 5.49 Å². The van der Waals surface area contributed by atoms with Crippen LogP contribution in [-0.4, -0.2) is 5.49 Å². The summed E-state index contributed by atoms with van der Waals surface area (Å²) in [5, 5.41) is 3.84. The monoisotopic (exact) mass is 287 g/mol. The van der Waals surface area contributed by atoms with Crippen molar-refractivity contribution in [2.75, 3.05) is 5.32 Å². The van der Waals surface area contributed by atoms with E-state index in [1.807, 2.05) is 24.3 Å². The fourth-order valence-electron chi connectivity index (χ4n) is 2.38. The van der Waals surface area contributed by atoms with Crippen LogP contribution in [0.3, 0.4) is 0 Å². The van der Waals surface area contributed by atoms with E-state index in [0.717, 1.165) is 10.7 Å². The Labute approximate surface area is 123 Å². The van der Waals surface area contributed by atoms with Crippen LogP contribution in [0.2, 0.25) is 5.02 Å². The maximum absolute atomic E-state index is 6.40. The van der Waals surface area contributed by atoms with Crippen molar-refractivity contribution >= 4 is 35.0 Å². The first-order chi connectivity index (χ1) is 9.29. The van der Waals surface area contributed by atoms with Gasteiger partial charge in [0.1, 0.15) is 0 Å². The Balaban J connectivity index is 2.03. The van der Waals surface area contributed by atoms with Gasteiger partial charge >= 0.3 is 0 Å². The van der Waals surface area contributed by atoms with Crippen molar-refractivity contribution < 1.29 is 0 Å². The minimum atomic E-state index is 0.687. The summed E-state index contributed by atoms with van der Waals surface area (Å²) in [7, 11) is 0. The highest BCUT2D eigenvalue weighted by Crippen LogP contribution is 2.46. The van der Waals surface area contributed by atoms with Crippen molar-refractivity contribution in [1.29, 1.82) is 0 Å². The number of halogens is 1. The molecule has 2 aromatic rings. The molecule has 0 saturated heterocycles. The number of rotatable bonds is 4. The van der Waals surface area contributed by atoms with E-state index in [4.69, 9.17) is 23.8 Å². The summed E-state index contributed by atoms with van der Waals surface area (Å²) in [5.41, 5.74) is 6.24. The van der Waals surface area contributed by atoms with Crippen LogP contribution in [0.5, 0.6) is 0 Å². The first-order valence-corrected chi connectivity index (χ1v) is 7.23. The van der Waals surface area contributed by atoms with Gasteiger partial charge in [-0.1, -0.05) is 48.1 Å². The summed E-state index contributed by atoms with van der Waals surface area (Å²) in [5.74, 6) is 0.687. The van der Waals surface area contributed by atoms with E-state index in [1.54, 1.807) is 0 Å². The minimum Gasteiger partial charge on any atom is -0.353 e. The summed E-state index contributed by atoms with van der Waals surface area (Å²) in [6, 6.07) is 14.4. The maximum Gasteiger partial charge on any atom is 0.0658 e. The average Bonchev–Trinajstić information content (AvgIpc) is 3.24. The van der Waals surface area contributed by atoms with Crippen LogP contribution in [0.25, 0.3) is 11.1 Å². The third kappa shape index (κ3) is 2.65. The normalized spacial score (nSPS) is 14.2. The quantitative estimate of drug-likeness (QED) is 0.771. The lowest BCUT2D eigenvalue weighted by molar-refractivity contribution is 1.13. The molecule has 19 heavy (non-hydrogen) atoms. The van der Waals surface area contributed by atoms with E-state index in [1.165, 1.54) is 35.0 Å². The Morgan fingerprint density at radius 1 is 1.11 bits per heavy atom. The van der Waals surface area contributed by atoms with Crippen LogP contribution in [0.15, 0.2) is 42.5 Å². The number of hydrogen-bond donors (Lipinski definition) is 1. The molecule has 1 aliphatic carbocycles.